The Hall–Kier alpha value is -1.50. The van der Waals surface area contributed by atoms with Crippen molar-refractivity contribution in [3.8, 4) is 0 Å². The average molecular weight is 268 g/mol. The molecule has 1 aromatic heterocycles. The molecule has 1 N–H and O–H groups in total. The van der Waals surface area contributed by atoms with Gasteiger partial charge in [0.25, 0.3) is 0 Å². The summed E-state index contributed by atoms with van der Waals surface area (Å²) in [6.45, 7) is 3.99. The molecule has 1 aliphatic rings. The quantitative estimate of drug-likeness (QED) is 0.856. The fourth-order valence-corrected chi connectivity index (χ4v) is 2.21. The Morgan fingerprint density at radius 3 is 2.95 bits per heavy atom. The molecular formula is C12H20N4O3. The maximum atomic E-state index is 11.2. The molecule has 7 heteroatoms. The first-order valence-electron chi connectivity index (χ1n) is 6.64. The van der Waals surface area contributed by atoms with Crippen molar-refractivity contribution in [3.05, 3.63) is 5.82 Å². The number of carboxylic acids is 1. The third-order valence-corrected chi connectivity index (χ3v) is 3.55. The zero-order chi connectivity index (χ0) is 13.9. The van der Waals surface area contributed by atoms with Gasteiger partial charge in [-0.3, -0.25) is 0 Å². The third kappa shape index (κ3) is 3.09. The van der Waals surface area contributed by atoms with E-state index >= 15 is 0 Å². The van der Waals surface area contributed by atoms with Gasteiger partial charge in [-0.15, -0.1) is 5.10 Å². The predicted molar refractivity (Wildman–Crippen MR) is 66.7 cm³/mol. The van der Waals surface area contributed by atoms with E-state index in [-0.39, 0.29) is 6.10 Å². The number of rotatable bonds is 5. The van der Waals surface area contributed by atoms with E-state index in [1.807, 2.05) is 0 Å². The van der Waals surface area contributed by atoms with Crippen LogP contribution in [0.1, 0.15) is 45.4 Å². The zero-order valence-corrected chi connectivity index (χ0v) is 11.4. The van der Waals surface area contributed by atoms with Crippen LogP contribution in [0.4, 0.5) is 0 Å². The van der Waals surface area contributed by atoms with E-state index in [9.17, 15) is 9.90 Å². The predicted octanol–water partition coefficient (Wildman–Crippen LogP) is 0.994. The number of hydrogen-bond donors (Lipinski definition) is 1. The van der Waals surface area contributed by atoms with Gasteiger partial charge in [0.2, 0.25) is 0 Å². The number of carbonyl (C=O) groups is 1. The second-order valence-electron chi connectivity index (χ2n) is 5.40. The largest absolute Gasteiger partial charge is 0.479 e. The van der Waals surface area contributed by atoms with Crippen molar-refractivity contribution in [2.75, 3.05) is 6.61 Å². The number of carboxylic acid groups (broad SMARTS) is 1. The number of aliphatic carboxylic acids is 1. The summed E-state index contributed by atoms with van der Waals surface area (Å²) >= 11 is 0. The van der Waals surface area contributed by atoms with Crippen LogP contribution >= 0.6 is 0 Å². The van der Waals surface area contributed by atoms with Crippen LogP contribution in [0.2, 0.25) is 0 Å². The van der Waals surface area contributed by atoms with E-state index in [0.29, 0.717) is 12.2 Å². The van der Waals surface area contributed by atoms with Crippen LogP contribution in [-0.2, 0) is 21.5 Å². The molecule has 0 radical (unpaired) electrons. The summed E-state index contributed by atoms with van der Waals surface area (Å²) in [5.74, 6) is -0.350. The van der Waals surface area contributed by atoms with Gasteiger partial charge in [-0.1, -0.05) is 0 Å². The third-order valence-electron chi connectivity index (χ3n) is 3.55. The van der Waals surface area contributed by atoms with Crippen LogP contribution in [0.25, 0.3) is 0 Å². The lowest BCUT2D eigenvalue weighted by atomic mass is 10.0. The van der Waals surface area contributed by atoms with Crippen molar-refractivity contribution in [1.82, 2.24) is 20.2 Å². The summed E-state index contributed by atoms with van der Waals surface area (Å²) in [5.41, 5.74) is -1.13. The maximum absolute atomic E-state index is 11.2. The van der Waals surface area contributed by atoms with Gasteiger partial charge >= 0.3 is 5.97 Å². The lowest BCUT2D eigenvalue weighted by Gasteiger charge is -2.23. The van der Waals surface area contributed by atoms with E-state index in [2.05, 4.69) is 15.5 Å². The standard InChI is InChI=1S/C12H20N4O3/c1-12(2,11(17)18)16-10(13-14-15-16)7-6-9-5-3-4-8-19-9/h9H,3-8H2,1-2H3,(H,17,18). The second-order valence-corrected chi connectivity index (χ2v) is 5.40. The van der Waals surface area contributed by atoms with Crippen LogP contribution in [0.5, 0.6) is 0 Å². The van der Waals surface area contributed by atoms with Crippen LogP contribution in [0.15, 0.2) is 0 Å². The molecule has 106 valence electrons. The Morgan fingerprint density at radius 2 is 2.32 bits per heavy atom. The van der Waals surface area contributed by atoms with Crippen molar-refractivity contribution in [3.63, 3.8) is 0 Å². The minimum Gasteiger partial charge on any atom is -0.479 e. The number of aromatic nitrogens is 4. The summed E-state index contributed by atoms with van der Waals surface area (Å²) in [6, 6.07) is 0. The minimum absolute atomic E-state index is 0.242. The molecule has 0 aliphatic carbocycles. The van der Waals surface area contributed by atoms with E-state index < -0.39 is 11.5 Å². The van der Waals surface area contributed by atoms with Crippen molar-refractivity contribution in [2.24, 2.45) is 0 Å². The van der Waals surface area contributed by atoms with Gasteiger partial charge in [0, 0.05) is 13.0 Å². The SMILES string of the molecule is CC(C)(C(=O)O)n1nnnc1CCC1CCCCO1. The van der Waals surface area contributed by atoms with Gasteiger partial charge < -0.3 is 9.84 Å². The molecule has 19 heavy (non-hydrogen) atoms. The van der Waals surface area contributed by atoms with Crippen LogP contribution in [0, 0.1) is 0 Å². The molecule has 0 spiro atoms. The molecule has 1 aliphatic heterocycles. The minimum atomic E-state index is -1.13. The van der Waals surface area contributed by atoms with Crippen molar-refractivity contribution in [2.45, 2.75) is 57.6 Å². The number of ether oxygens (including phenoxy) is 1. The first-order chi connectivity index (χ1) is 9.01. The van der Waals surface area contributed by atoms with Crippen molar-refractivity contribution in [1.29, 1.82) is 0 Å². The second kappa shape index (κ2) is 5.64. The lowest BCUT2D eigenvalue weighted by Crippen LogP contribution is -2.38. The molecule has 1 aromatic rings. The van der Waals surface area contributed by atoms with Gasteiger partial charge in [-0.25, -0.2) is 9.48 Å². The zero-order valence-electron chi connectivity index (χ0n) is 11.4. The highest BCUT2D eigenvalue weighted by Crippen LogP contribution is 2.20. The monoisotopic (exact) mass is 268 g/mol. The molecule has 1 saturated heterocycles. The van der Waals surface area contributed by atoms with E-state index in [4.69, 9.17) is 4.74 Å². The highest BCUT2D eigenvalue weighted by molar-refractivity contribution is 5.75. The van der Waals surface area contributed by atoms with Gasteiger partial charge in [-0.05, 0) is 50.0 Å². The van der Waals surface area contributed by atoms with E-state index in [1.54, 1.807) is 13.8 Å². The van der Waals surface area contributed by atoms with Crippen LogP contribution in [-0.4, -0.2) is 44.0 Å². The van der Waals surface area contributed by atoms with Crippen molar-refractivity contribution < 1.29 is 14.6 Å². The number of hydrogen-bond acceptors (Lipinski definition) is 5. The summed E-state index contributed by atoms with van der Waals surface area (Å²) < 4.78 is 7.04. The Kier molecular flexibility index (Phi) is 4.14. The molecule has 0 bridgehead atoms. The first kappa shape index (κ1) is 13.9. The molecule has 2 rings (SSSR count). The topological polar surface area (TPSA) is 90.1 Å². The van der Waals surface area contributed by atoms with Crippen LogP contribution in [0.3, 0.4) is 0 Å². The molecule has 1 fully saturated rings. The Balaban J connectivity index is 2.01. The molecule has 1 unspecified atom stereocenters. The number of nitrogens with zero attached hydrogens (tertiary/aromatic N) is 4. The first-order valence-corrected chi connectivity index (χ1v) is 6.64. The highest BCUT2D eigenvalue weighted by Gasteiger charge is 2.33. The molecule has 0 amide bonds. The summed E-state index contributed by atoms with van der Waals surface area (Å²) in [7, 11) is 0. The van der Waals surface area contributed by atoms with Crippen LogP contribution < -0.4 is 0 Å². The molecular weight excluding hydrogens is 248 g/mol. The molecule has 2 heterocycles. The average Bonchev–Trinajstić information content (AvgIpc) is 2.86. The highest BCUT2D eigenvalue weighted by atomic mass is 16.5. The maximum Gasteiger partial charge on any atom is 0.331 e. The fourth-order valence-electron chi connectivity index (χ4n) is 2.21. The molecule has 1 atom stereocenters. The Bertz CT molecular complexity index is 438. The van der Waals surface area contributed by atoms with Crippen molar-refractivity contribution >= 4 is 5.97 Å². The Morgan fingerprint density at radius 1 is 1.53 bits per heavy atom. The van der Waals surface area contributed by atoms with Gasteiger partial charge in [0.1, 0.15) is 0 Å². The Labute approximate surface area is 111 Å². The molecule has 7 nitrogen and oxygen atoms in total. The van der Waals surface area contributed by atoms with Gasteiger partial charge in [0.05, 0.1) is 6.10 Å². The fraction of sp³-hybridized carbons (Fsp3) is 0.833. The normalized spacial score (nSPS) is 20.4. The smallest absolute Gasteiger partial charge is 0.331 e. The number of tetrazole rings is 1. The van der Waals surface area contributed by atoms with Gasteiger partial charge in [0.15, 0.2) is 11.4 Å². The summed E-state index contributed by atoms with van der Waals surface area (Å²) in [6.07, 6.45) is 5.08. The number of aryl methyl sites for hydroxylation is 1. The molecule has 0 saturated carbocycles. The summed E-state index contributed by atoms with van der Waals surface area (Å²) in [5, 5.41) is 20.5. The summed E-state index contributed by atoms with van der Waals surface area (Å²) in [4.78, 5) is 11.2. The lowest BCUT2D eigenvalue weighted by molar-refractivity contribution is -0.146. The van der Waals surface area contributed by atoms with Gasteiger partial charge in [-0.2, -0.15) is 0 Å². The molecule has 0 aromatic carbocycles. The van der Waals surface area contributed by atoms with E-state index in [1.165, 1.54) is 11.1 Å². The van der Waals surface area contributed by atoms with E-state index in [0.717, 1.165) is 25.9 Å².